The molecule has 0 aliphatic carbocycles. The maximum atomic E-state index is 11.6. The lowest BCUT2D eigenvalue weighted by Gasteiger charge is -2.24. The molecule has 90 heavy (non-hydrogen) atoms. The van der Waals surface area contributed by atoms with Gasteiger partial charge in [-0.1, -0.05) is 326 Å². The second-order valence-electron chi connectivity index (χ2n) is 31.4. The lowest BCUT2D eigenvalue weighted by Crippen LogP contribution is -2.28. The fourth-order valence-electron chi connectivity index (χ4n) is 8.01. The van der Waals surface area contributed by atoms with Gasteiger partial charge in [-0.25, -0.2) is 0 Å². The Morgan fingerprint density at radius 2 is 0.589 bits per heavy atom. The number of esters is 3. The monoisotopic (exact) mass is 1280 g/mol. The molecule has 0 aromatic carbocycles. The summed E-state index contributed by atoms with van der Waals surface area (Å²) in [4.78, 5) is 35.3. The van der Waals surface area contributed by atoms with Crippen LogP contribution in [0.5, 0.6) is 0 Å². The Balaban J connectivity index is -0.000000144. The van der Waals surface area contributed by atoms with Crippen LogP contribution < -0.4 is 0 Å². The van der Waals surface area contributed by atoms with Crippen LogP contribution in [0.2, 0.25) is 0 Å². The van der Waals surface area contributed by atoms with Gasteiger partial charge in [0.1, 0.15) is 6.10 Å². The fourth-order valence-corrected chi connectivity index (χ4v) is 8.01. The van der Waals surface area contributed by atoms with E-state index in [1.807, 2.05) is 55.4 Å². The average molecular weight is 1280 g/mol. The predicted molar refractivity (Wildman–Crippen MR) is 408 cm³/mol. The van der Waals surface area contributed by atoms with Crippen LogP contribution in [-0.2, 0) is 28.6 Å². The van der Waals surface area contributed by atoms with Gasteiger partial charge in [-0.3, -0.25) is 14.4 Å². The molecule has 0 radical (unpaired) electrons. The van der Waals surface area contributed by atoms with E-state index >= 15 is 0 Å². The van der Waals surface area contributed by atoms with Gasteiger partial charge in [0, 0.05) is 12.5 Å². The maximum absolute atomic E-state index is 11.6. The van der Waals surface area contributed by atoms with Gasteiger partial charge in [-0.2, -0.15) is 0 Å². The largest absolute Gasteiger partial charge is 0.463 e. The summed E-state index contributed by atoms with van der Waals surface area (Å²) in [6.07, 6.45) is 43.0. The summed E-state index contributed by atoms with van der Waals surface area (Å²) in [6.45, 7) is 68.5. The third kappa shape index (κ3) is 102. The van der Waals surface area contributed by atoms with Crippen LogP contribution in [0.15, 0.2) is 24.3 Å². The second kappa shape index (κ2) is 74.2. The van der Waals surface area contributed by atoms with Crippen molar-refractivity contribution in [2.24, 2.45) is 76.9 Å². The molecule has 0 saturated heterocycles. The number of allylic oxidation sites excluding steroid dienone is 4. The van der Waals surface area contributed by atoms with Gasteiger partial charge in [0.25, 0.3) is 0 Å². The molecule has 0 aliphatic rings. The minimum Gasteiger partial charge on any atom is -0.463 e. The third-order valence-corrected chi connectivity index (χ3v) is 15.5. The van der Waals surface area contributed by atoms with Crippen molar-refractivity contribution in [1.29, 1.82) is 0 Å². The Labute approximate surface area is 570 Å². The molecule has 0 saturated carbocycles. The van der Waals surface area contributed by atoms with Gasteiger partial charge >= 0.3 is 17.9 Å². The Morgan fingerprint density at radius 3 is 0.800 bits per heavy atom. The zero-order valence-corrected chi connectivity index (χ0v) is 68.2. The molecule has 0 spiro atoms. The van der Waals surface area contributed by atoms with Crippen molar-refractivity contribution in [2.45, 2.75) is 406 Å². The predicted octanol–water partition coefficient (Wildman–Crippen LogP) is 27.1. The number of unbranched alkanes of at least 4 members (excludes halogenated alkanes) is 14. The van der Waals surface area contributed by atoms with Gasteiger partial charge in [0.2, 0.25) is 0 Å². The Bertz CT molecular complexity index is 1390. The Morgan fingerprint density at radius 1 is 0.333 bits per heavy atom. The van der Waals surface area contributed by atoms with Gasteiger partial charge < -0.3 is 19.1 Å². The number of ether oxygens (including phenoxy) is 3. The van der Waals surface area contributed by atoms with Crippen molar-refractivity contribution in [3.05, 3.63) is 24.3 Å². The van der Waals surface area contributed by atoms with Gasteiger partial charge in [0.05, 0.1) is 24.0 Å². The van der Waals surface area contributed by atoms with Crippen molar-refractivity contribution in [3.8, 4) is 0 Å². The van der Waals surface area contributed by atoms with E-state index in [1.165, 1.54) is 141 Å². The molecule has 0 fully saturated rings. The summed E-state index contributed by atoms with van der Waals surface area (Å²) < 4.78 is 15.3. The van der Waals surface area contributed by atoms with Crippen molar-refractivity contribution < 1.29 is 28.6 Å². The van der Waals surface area contributed by atoms with Crippen molar-refractivity contribution >= 4 is 17.9 Å². The maximum Gasteiger partial charge on any atom is 0.308 e. The molecule has 0 aromatic heterocycles. The third-order valence-electron chi connectivity index (χ3n) is 15.5. The molecule has 7 nitrogen and oxygen atoms in total. The number of carbonyl (C=O) groups excluding carboxylic acids is 3. The van der Waals surface area contributed by atoms with Gasteiger partial charge in [-0.05, 0) is 153 Å². The number of rotatable bonds is 40. The van der Waals surface area contributed by atoms with Crippen LogP contribution in [0.3, 0.4) is 0 Å². The molecule has 0 aliphatic heterocycles. The first kappa shape index (κ1) is 104. The van der Waals surface area contributed by atoms with E-state index in [-0.39, 0.29) is 48.1 Å². The number of carbonyl (C=O) groups is 3. The van der Waals surface area contributed by atoms with E-state index in [4.69, 9.17) is 14.2 Å². The summed E-state index contributed by atoms with van der Waals surface area (Å²) in [6, 6.07) is 0.685. The Kier molecular flexibility index (Phi) is 85.7. The fraction of sp³-hybridized carbons (Fsp3) is 0.916. The first-order chi connectivity index (χ1) is 41.7. The molecule has 0 rings (SSSR count). The van der Waals surface area contributed by atoms with Crippen LogP contribution in [-0.4, -0.2) is 61.3 Å². The summed E-state index contributed by atoms with van der Waals surface area (Å²) in [7, 11) is 4.15. The molecule has 2 unspecified atom stereocenters. The van der Waals surface area contributed by atoms with Crippen LogP contribution in [0.25, 0.3) is 0 Å². The molecule has 0 bridgehead atoms. The van der Waals surface area contributed by atoms with E-state index in [2.05, 4.69) is 209 Å². The number of hydrogen-bond donors (Lipinski definition) is 0. The molecule has 7 heteroatoms. The van der Waals surface area contributed by atoms with Crippen LogP contribution in [0, 0.1) is 76.9 Å². The van der Waals surface area contributed by atoms with E-state index in [9.17, 15) is 14.4 Å². The van der Waals surface area contributed by atoms with Crippen LogP contribution >= 0.6 is 0 Å². The van der Waals surface area contributed by atoms with Crippen LogP contribution in [0.1, 0.15) is 382 Å². The van der Waals surface area contributed by atoms with E-state index in [0.717, 1.165) is 60.2 Å². The summed E-state index contributed by atoms with van der Waals surface area (Å²) in [5.74, 6) is 7.82. The minimum atomic E-state index is -0.120. The van der Waals surface area contributed by atoms with E-state index in [1.54, 1.807) is 0 Å². The molecular weight excluding hydrogens is 1110 g/mol. The molecule has 0 heterocycles. The van der Waals surface area contributed by atoms with Crippen LogP contribution in [0.4, 0.5) is 0 Å². The quantitative estimate of drug-likeness (QED) is 0.0262. The smallest absolute Gasteiger partial charge is 0.308 e. The summed E-state index contributed by atoms with van der Waals surface area (Å²) in [5.41, 5.74) is 0. The lowest BCUT2D eigenvalue weighted by molar-refractivity contribution is -0.154. The molecule has 546 valence electrons. The Hall–Kier alpha value is -2.15. The lowest BCUT2D eigenvalue weighted by atomic mass is 9.96. The highest BCUT2D eigenvalue weighted by molar-refractivity contribution is 5.72. The molecule has 0 N–H and O–H groups in total. The van der Waals surface area contributed by atoms with Crippen molar-refractivity contribution in [2.75, 3.05) is 14.1 Å². The highest BCUT2D eigenvalue weighted by Gasteiger charge is 2.21. The zero-order chi connectivity index (χ0) is 71.8. The number of nitrogens with zero attached hydrogens (tertiary/aromatic N) is 1. The van der Waals surface area contributed by atoms with E-state index < -0.39 is 0 Å². The van der Waals surface area contributed by atoms with Gasteiger partial charge in [0.15, 0.2) is 0 Å². The highest BCUT2D eigenvalue weighted by atomic mass is 16.6. The zero-order valence-electron chi connectivity index (χ0n) is 68.2. The topological polar surface area (TPSA) is 82.1 Å². The highest BCUT2D eigenvalue weighted by Crippen LogP contribution is 2.19. The first-order valence-electron chi connectivity index (χ1n) is 38.3. The average Bonchev–Trinajstić information content (AvgIpc) is 3.52. The van der Waals surface area contributed by atoms with Gasteiger partial charge in [-0.15, -0.1) is 0 Å². The minimum absolute atomic E-state index is 0.00704. The summed E-state index contributed by atoms with van der Waals surface area (Å²) >= 11 is 0. The number of hydrogen-bond acceptors (Lipinski definition) is 7. The normalized spacial score (nSPS) is 12.1. The SMILES string of the molecule is CC(C)CCCC(=O)OC(C(C)C)C(C)C.CC(C)CCCCCC(C)C.CC(C)CCCCCCCC(C)C.CC(C)N(C)C.CC(C)OC(=O)C(C)C.CC(C)OC(=O)C(C)C.CCCCCC/C=C\C(C)C(C)C.CCCCCC/C=C\C(C)C(C)C. The molecule has 0 aromatic rings. The summed E-state index contributed by atoms with van der Waals surface area (Å²) in [5, 5.41) is 0. The molecule has 2 atom stereocenters. The second-order valence-corrected chi connectivity index (χ2v) is 31.4. The standard InChI is InChI=1S/C14H28O2.C13H28.2C13H26.C11H24.2C7H14O2.C5H13N/c1-10(2)8-7-9-13(15)16-14(11(3)4)12(5)6;1-12(2)10-8-6-5-7-9-11-13(3)4;2*1-5-6-7-8-9-10-11-13(4)12(2)3;1-10(2)8-6-5-7-9-11(3)4;2*1-5(2)7(8)9-6(3)4;1-5(2)6(3)4/h10-12,14H,7-9H2,1-6H3;12-13H,5-11H2,1-4H3;2*10-13H,5-9H2,1-4H3;10-11H,5-9H2,1-4H3;2*5-6H,1-4H3;5H,1-4H3/b;;2*11-10-;;;;. The first-order valence-corrected chi connectivity index (χ1v) is 38.3. The molecular formula is C83H173NO6. The van der Waals surface area contributed by atoms with Crippen molar-refractivity contribution in [1.82, 2.24) is 4.90 Å². The van der Waals surface area contributed by atoms with Crippen molar-refractivity contribution in [3.63, 3.8) is 0 Å². The van der Waals surface area contributed by atoms with E-state index in [0.29, 0.717) is 30.2 Å². The molecule has 0 amide bonds.